The number of para-hydroxylation sites is 2. The van der Waals surface area contributed by atoms with Crippen LogP contribution in [0, 0.1) is 0 Å². The lowest BCUT2D eigenvalue weighted by Gasteiger charge is -2.22. The van der Waals surface area contributed by atoms with Gasteiger partial charge in [0.2, 0.25) is 0 Å². The number of fused-ring (bicyclic) bond motifs is 9. The topological polar surface area (TPSA) is 9.86 Å². The number of nitrogens with zero attached hydrogens (tertiary/aromatic N) is 2. The quantitative estimate of drug-likeness (QED) is 0.177. The van der Waals surface area contributed by atoms with Gasteiger partial charge >= 0.3 is 0 Å². The van der Waals surface area contributed by atoms with Crippen molar-refractivity contribution in [3.05, 3.63) is 169 Å². The van der Waals surface area contributed by atoms with Crippen LogP contribution < -0.4 is 0 Å². The van der Waals surface area contributed by atoms with Gasteiger partial charge in [-0.2, -0.15) is 0 Å². The van der Waals surface area contributed by atoms with Crippen molar-refractivity contribution in [2.45, 2.75) is 19.3 Å². The lowest BCUT2D eigenvalue weighted by Crippen LogP contribution is -2.15. The van der Waals surface area contributed by atoms with E-state index in [9.17, 15) is 0 Å². The fourth-order valence-electron chi connectivity index (χ4n) is 9.89. The maximum absolute atomic E-state index is 2.53. The summed E-state index contributed by atoms with van der Waals surface area (Å²) in [6.07, 6.45) is 0. The van der Waals surface area contributed by atoms with Gasteiger partial charge in [0.25, 0.3) is 0 Å². The summed E-state index contributed by atoms with van der Waals surface area (Å²) in [6.45, 7) is 4.75. The van der Waals surface area contributed by atoms with E-state index in [0.29, 0.717) is 0 Å². The second-order valence-electron chi connectivity index (χ2n) is 14.9. The van der Waals surface area contributed by atoms with Crippen LogP contribution >= 0.6 is 0 Å². The summed E-state index contributed by atoms with van der Waals surface area (Å²) in [5, 5.41) is 7.85. The SMILES string of the molecule is CC1(C)c2ccccc2-c2ccc(-n3c4ccccc4c4c5c6c7c(cccc7n(-c7ccccc7)c6cc43)-c3cccc4cccc-5c34)cc21. The van der Waals surface area contributed by atoms with Crippen LogP contribution in [0.15, 0.2) is 158 Å². The van der Waals surface area contributed by atoms with Crippen molar-refractivity contribution >= 4 is 54.4 Å². The monoisotopic (exact) mass is 648 g/mol. The third kappa shape index (κ3) is 3.33. The molecule has 238 valence electrons. The van der Waals surface area contributed by atoms with Gasteiger partial charge < -0.3 is 9.13 Å². The second-order valence-corrected chi connectivity index (χ2v) is 14.9. The highest BCUT2D eigenvalue weighted by atomic mass is 15.0. The molecule has 0 saturated heterocycles. The molecule has 0 bridgehead atoms. The van der Waals surface area contributed by atoms with E-state index >= 15 is 0 Å². The molecule has 0 unspecified atom stereocenters. The molecule has 2 aliphatic rings. The Morgan fingerprint density at radius 2 is 1.00 bits per heavy atom. The molecule has 2 aliphatic carbocycles. The summed E-state index contributed by atoms with van der Waals surface area (Å²) in [5.41, 5.74) is 17.9. The zero-order chi connectivity index (χ0) is 33.6. The van der Waals surface area contributed by atoms with E-state index in [-0.39, 0.29) is 5.41 Å². The smallest absolute Gasteiger partial charge is 0.0568 e. The summed E-state index contributed by atoms with van der Waals surface area (Å²) in [6, 6.07) is 59.1. The zero-order valence-corrected chi connectivity index (χ0v) is 28.4. The molecular weight excluding hydrogens is 617 g/mol. The number of hydrogen-bond donors (Lipinski definition) is 0. The molecule has 0 amide bonds. The molecule has 0 atom stereocenters. The van der Waals surface area contributed by atoms with Crippen molar-refractivity contribution in [1.29, 1.82) is 0 Å². The van der Waals surface area contributed by atoms with Crippen LogP contribution in [0.5, 0.6) is 0 Å². The van der Waals surface area contributed by atoms with Crippen molar-refractivity contribution in [3.63, 3.8) is 0 Å². The lowest BCUT2D eigenvalue weighted by molar-refractivity contribution is 0.660. The Morgan fingerprint density at radius 3 is 1.86 bits per heavy atom. The first-order valence-corrected chi connectivity index (χ1v) is 18.0. The Morgan fingerprint density at radius 1 is 0.373 bits per heavy atom. The van der Waals surface area contributed by atoms with Gasteiger partial charge in [-0.25, -0.2) is 0 Å². The predicted molar refractivity (Wildman–Crippen MR) is 215 cm³/mol. The van der Waals surface area contributed by atoms with Gasteiger partial charge in [-0.3, -0.25) is 0 Å². The number of rotatable bonds is 2. The number of hydrogen-bond acceptors (Lipinski definition) is 0. The Hall–Kier alpha value is -6.38. The fourth-order valence-corrected chi connectivity index (χ4v) is 9.89. The van der Waals surface area contributed by atoms with Crippen LogP contribution in [-0.2, 0) is 5.41 Å². The van der Waals surface area contributed by atoms with Gasteiger partial charge in [-0.05, 0) is 92.2 Å². The third-order valence-electron chi connectivity index (χ3n) is 12.0. The third-order valence-corrected chi connectivity index (χ3v) is 12.0. The first kappa shape index (κ1) is 27.4. The zero-order valence-electron chi connectivity index (χ0n) is 28.4. The first-order chi connectivity index (χ1) is 25.1. The van der Waals surface area contributed by atoms with Crippen molar-refractivity contribution in [1.82, 2.24) is 9.13 Å². The van der Waals surface area contributed by atoms with E-state index in [0.717, 1.165) is 0 Å². The Kier molecular flexibility index (Phi) is 5.08. The average molecular weight is 649 g/mol. The molecule has 0 saturated carbocycles. The molecule has 0 spiro atoms. The van der Waals surface area contributed by atoms with Gasteiger partial charge in [0.15, 0.2) is 0 Å². The Labute approximate surface area is 295 Å². The van der Waals surface area contributed by atoms with Gasteiger partial charge in [0, 0.05) is 43.9 Å². The molecular formula is C49H32N2. The molecule has 2 heterocycles. The molecule has 0 aliphatic heterocycles. The van der Waals surface area contributed by atoms with Crippen LogP contribution in [0.2, 0.25) is 0 Å². The summed E-state index contributed by atoms with van der Waals surface area (Å²) in [4.78, 5) is 0. The van der Waals surface area contributed by atoms with Gasteiger partial charge in [0.1, 0.15) is 0 Å². The molecule has 12 rings (SSSR count). The van der Waals surface area contributed by atoms with Crippen LogP contribution in [0.3, 0.4) is 0 Å². The largest absolute Gasteiger partial charge is 0.309 e. The minimum absolute atomic E-state index is 0.0899. The summed E-state index contributed by atoms with van der Waals surface area (Å²) >= 11 is 0. The molecule has 2 nitrogen and oxygen atoms in total. The second kappa shape index (κ2) is 9.44. The first-order valence-electron chi connectivity index (χ1n) is 18.0. The Bertz CT molecular complexity index is 3150. The minimum Gasteiger partial charge on any atom is -0.309 e. The van der Waals surface area contributed by atoms with Crippen LogP contribution in [0.1, 0.15) is 25.0 Å². The predicted octanol–water partition coefficient (Wildman–Crippen LogP) is 13.0. The highest BCUT2D eigenvalue weighted by Crippen LogP contribution is 2.54. The lowest BCUT2D eigenvalue weighted by atomic mass is 9.82. The maximum Gasteiger partial charge on any atom is 0.0568 e. The molecule has 0 N–H and O–H groups in total. The van der Waals surface area contributed by atoms with Crippen LogP contribution in [-0.4, -0.2) is 9.13 Å². The molecule has 51 heavy (non-hydrogen) atoms. The fraction of sp³-hybridized carbons (Fsp3) is 0.0612. The van der Waals surface area contributed by atoms with Crippen molar-refractivity contribution in [2.75, 3.05) is 0 Å². The van der Waals surface area contributed by atoms with Crippen LogP contribution in [0.4, 0.5) is 0 Å². The van der Waals surface area contributed by atoms with Crippen molar-refractivity contribution in [2.24, 2.45) is 0 Å². The summed E-state index contributed by atoms with van der Waals surface area (Å²) in [7, 11) is 0. The number of aromatic nitrogens is 2. The van der Waals surface area contributed by atoms with Crippen molar-refractivity contribution < 1.29 is 0 Å². The standard InChI is InChI=1S/C49H32N2/c1-49(2)38-22-8-6-17-32(38)33-26-25-31(27-39(33)49)51-40-23-9-7-18-36(40)46-42(51)28-43-48-45-35(20-12-24-41(45)50(43)30-15-4-3-5-16-30)34-19-10-13-29-14-11-21-37(44(29)34)47(46)48/h3-28H,1-2H3. The minimum atomic E-state index is -0.0899. The molecule has 8 aromatic carbocycles. The van der Waals surface area contributed by atoms with E-state index in [2.05, 4.69) is 181 Å². The molecule has 0 fully saturated rings. The molecule has 2 heteroatoms. The van der Waals surface area contributed by atoms with E-state index in [1.807, 2.05) is 0 Å². The van der Waals surface area contributed by atoms with Crippen molar-refractivity contribution in [3.8, 4) is 44.8 Å². The van der Waals surface area contributed by atoms with E-state index in [4.69, 9.17) is 0 Å². The molecule has 0 radical (unpaired) electrons. The van der Waals surface area contributed by atoms with E-state index in [1.165, 1.54) is 110 Å². The molecule has 2 aromatic heterocycles. The summed E-state index contributed by atoms with van der Waals surface area (Å²) < 4.78 is 5.03. The number of benzene rings is 8. The van der Waals surface area contributed by atoms with Gasteiger partial charge in [0.05, 0.1) is 22.1 Å². The summed E-state index contributed by atoms with van der Waals surface area (Å²) in [5.74, 6) is 0. The van der Waals surface area contributed by atoms with Crippen LogP contribution in [0.25, 0.3) is 99.1 Å². The highest BCUT2D eigenvalue weighted by molar-refractivity contribution is 6.34. The molecule has 10 aromatic rings. The average Bonchev–Trinajstić information content (AvgIpc) is 3.73. The van der Waals surface area contributed by atoms with Gasteiger partial charge in [-0.1, -0.05) is 129 Å². The van der Waals surface area contributed by atoms with E-state index < -0.39 is 0 Å². The maximum atomic E-state index is 2.53. The van der Waals surface area contributed by atoms with Gasteiger partial charge in [-0.15, -0.1) is 0 Å². The normalized spacial score (nSPS) is 13.8. The van der Waals surface area contributed by atoms with E-state index in [1.54, 1.807) is 0 Å². The highest BCUT2D eigenvalue weighted by Gasteiger charge is 2.36. The Balaban J connectivity index is 1.31.